The van der Waals surface area contributed by atoms with Gasteiger partial charge in [0.15, 0.2) is 0 Å². The summed E-state index contributed by atoms with van der Waals surface area (Å²) in [4.78, 5) is 0. The van der Waals surface area contributed by atoms with Crippen LogP contribution in [0.2, 0.25) is 0 Å². The third-order valence-electron chi connectivity index (χ3n) is 1.82. The van der Waals surface area contributed by atoms with Gasteiger partial charge in [0, 0.05) is 0 Å². The van der Waals surface area contributed by atoms with Gasteiger partial charge in [0.05, 0.1) is 0 Å². The largest absolute Gasteiger partial charge is 0.114 e. The van der Waals surface area contributed by atoms with Gasteiger partial charge < -0.3 is 0 Å². The second-order valence-corrected chi connectivity index (χ2v) is 7.98. The van der Waals surface area contributed by atoms with E-state index in [9.17, 15) is 0 Å². The zero-order chi connectivity index (χ0) is 8.31. The number of rotatable bonds is 2. The van der Waals surface area contributed by atoms with Crippen LogP contribution in [0.4, 0.5) is 0 Å². The Morgan fingerprint density at radius 1 is 0.900 bits per heavy atom. The topological polar surface area (TPSA) is 0 Å². The molecule has 0 N–H and O–H groups in total. The zero-order valence-electron chi connectivity index (χ0n) is 8.15. The van der Waals surface area contributed by atoms with Crippen LogP contribution in [0.5, 0.6) is 0 Å². The first-order valence-electron chi connectivity index (χ1n) is 4.14. The normalized spacial score (nSPS) is 11.7. The highest BCUT2D eigenvalue weighted by atomic mass is 31.1. The van der Waals surface area contributed by atoms with E-state index in [1.54, 1.807) is 5.29 Å². The lowest BCUT2D eigenvalue weighted by atomic mass is 10.5. The lowest BCUT2D eigenvalue weighted by Gasteiger charge is -2.18. The van der Waals surface area contributed by atoms with Crippen molar-refractivity contribution in [2.24, 2.45) is 0 Å². The molecular formula is C9H21P. The Hall–Kier alpha value is 0.300. The van der Waals surface area contributed by atoms with Gasteiger partial charge in [0.1, 0.15) is 0 Å². The monoisotopic (exact) mass is 160 g/mol. The standard InChI is InChI=1S/C9H21P/c1-7(2)10(8(3)4)9(5)6/h7-8,10H,1-6H3. The Labute approximate surface area is 66.4 Å². The molecule has 0 aromatic rings. The predicted molar refractivity (Wildman–Crippen MR) is 54.9 cm³/mol. The minimum absolute atomic E-state index is 0.179. The zero-order valence-corrected chi connectivity index (χ0v) is 9.15. The molecule has 0 aromatic carbocycles. The molecule has 0 aliphatic rings. The quantitative estimate of drug-likeness (QED) is 0.544. The van der Waals surface area contributed by atoms with Crippen LogP contribution in [0, 0.1) is 0 Å². The molecule has 62 valence electrons. The molecule has 0 heterocycles. The van der Waals surface area contributed by atoms with E-state index in [2.05, 4.69) is 41.5 Å². The summed E-state index contributed by atoms with van der Waals surface area (Å²) in [5, 5.41) is 1.68. The van der Waals surface area contributed by atoms with Crippen LogP contribution in [0.3, 0.4) is 0 Å². The first-order valence-corrected chi connectivity index (χ1v) is 5.79. The van der Waals surface area contributed by atoms with Crippen LogP contribution >= 0.6 is 7.55 Å². The van der Waals surface area contributed by atoms with Crippen molar-refractivity contribution in [2.45, 2.75) is 52.9 Å². The molecule has 0 unspecified atom stereocenters. The van der Waals surface area contributed by atoms with E-state index in [1.807, 2.05) is 0 Å². The Morgan fingerprint density at radius 3 is 1.20 bits per heavy atom. The summed E-state index contributed by atoms with van der Waals surface area (Å²) in [5.74, 6) is 0. The van der Waals surface area contributed by atoms with Gasteiger partial charge in [0.2, 0.25) is 0 Å². The van der Waals surface area contributed by atoms with Crippen molar-refractivity contribution in [1.29, 1.82) is 0 Å². The van der Waals surface area contributed by atoms with E-state index < -0.39 is 0 Å². The average Bonchev–Trinajstić information content (AvgIpc) is 1.59. The van der Waals surface area contributed by atoms with Crippen LogP contribution < -0.4 is 0 Å². The SMILES string of the molecule is CC(C)=[PH](C(C)C)C(C)C. The smallest absolute Gasteiger partial charge is 0.0291 e. The molecule has 0 saturated heterocycles. The van der Waals surface area contributed by atoms with Gasteiger partial charge in [-0.3, -0.25) is 0 Å². The molecule has 0 aliphatic carbocycles. The molecule has 10 heavy (non-hydrogen) atoms. The first-order chi connectivity index (χ1) is 4.46. The summed E-state index contributed by atoms with van der Waals surface area (Å²) in [6.45, 7) is 14.0. The number of hydrogen-bond acceptors (Lipinski definition) is 0. The van der Waals surface area contributed by atoms with E-state index in [-0.39, 0.29) is 7.55 Å². The van der Waals surface area contributed by atoms with Gasteiger partial charge in [-0.05, 0) is 25.2 Å². The molecule has 0 bridgehead atoms. The molecule has 0 nitrogen and oxygen atoms in total. The molecule has 0 atom stereocenters. The minimum atomic E-state index is -0.179. The second kappa shape index (κ2) is 4.23. The van der Waals surface area contributed by atoms with Crippen LogP contribution in [-0.2, 0) is 0 Å². The molecular weight excluding hydrogens is 139 g/mol. The van der Waals surface area contributed by atoms with Gasteiger partial charge in [-0.1, -0.05) is 33.0 Å². The van der Waals surface area contributed by atoms with Crippen LogP contribution in [-0.4, -0.2) is 16.6 Å². The lowest BCUT2D eigenvalue weighted by Crippen LogP contribution is -2.01. The van der Waals surface area contributed by atoms with Crippen LogP contribution in [0.15, 0.2) is 0 Å². The molecule has 0 radical (unpaired) electrons. The molecule has 0 amide bonds. The summed E-state index contributed by atoms with van der Waals surface area (Å²) < 4.78 is 0. The molecule has 0 aliphatic heterocycles. The fraction of sp³-hybridized carbons (Fsp3) is 0.889. The van der Waals surface area contributed by atoms with E-state index in [0.29, 0.717) is 0 Å². The fourth-order valence-electron chi connectivity index (χ4n) is 1.82. The maximum atomic E-state index is 2.35. The minimum Gasteiger partial charge on any atom is -0.114 e. The molecule has 0 rings (SSSR count). The first kappa shape index (κ1) is 10.3. The van der Waals surface area contributed by atoms with E-state index in [4.69, 9.17) is 0 Å². The van der Waals surface area contributed by atoms with Gasteiger partial charge >= 0.3 is 0 Å². The Kier molecular flexibility index (Phi) is 4.36. The summed E-state index contributed by atoms with van der Waals surface area (Å²) in [5.41, 5.74) is 1.80. The predicted octanol–water partition coefficient (Wildman–Crippen LogP) is 3.23. The molecule has 1 heteroatoms. The Morgan fingerprint density at radius 2 is 1.20 bits per heavy atom. The van der Waals surface area contributed by atoms with Crippen molar-refractivity contribution in [3.05, 3.63) is 0 Å². The van der Waals surface area contributed by atoms with E-state index in [1.165, 1.54) is 0 Å². The Balaban J connectivity index is 4.44. The van der Waals surface area contributed by atoms with Crippen molar-refractivity contribution in [3.8, 4) is 0 Å². The van der Waals surface area contributed by atoms with E-state index >= 15 is 0 Å². The maximum absolute atomic E-state index is 2.35. The van der Waals surface area contributed by atoms with Crippen molar-refractivity contribution in [3.63, 3.8) is 0 Å². The van der Waals surface area contributed by atoms with Crippen molar-refractivity contribution < 1.29 is 0 Å². The van der Waals surface area contributed by atoms with Gasteiger partial charge in [-0.25, -0.2) is 0 Å². The molecule has 0 fully saturated rings. The maximum Gasteiger partial charge on any atom is -0.0291 e. The lowest BCUT2D eigenvalue weighted by molar-refractivity contribution is 1.03. The summed E-state index contributed by atoms with van der Waals surface area (Å²) in [7, 11) is -0.179. The fourth-order valence-corrected chi connectivity index (χ4v) is 5.46. The van der Waals surface area contributed by atoms with Gasteiger partial charge in [-0.2, -0.15) is 0 Å². The second-order valence-electron chi connectivity index (χ2n) is 3.76. The van der Waals surface area contributed by atoms with Gasteiger partial charge in [-0.15, -0.1) is 7.55 Å². The van der Waals surface area contributed by atoms with Crippen LogP contribution in [0.1, 0.15) is 41.5 Å². The Bertz CT molecular complexity index is 118. The molecule has 0 spiro atoms. The highest BCUT2D eigenvalue weighted by Crippen LogP contribution is 2.36. The van der Waals surface area contributed by atoms with Crippen molar-refractivity contribution in [2.75, 3.05) is 0 Å². The summed E-state index contributed by atoms with van der Waals surface area (Å²) in [6, 6.07) is 0. The van der Waals surface area contributed by atoms with Crippen molar-refractivity contribution >= 4 is 12.8 Å². The highest BCUT2D eigenvalue weighted by molar-refractivity contribution is 7.60. The van der Waals surface area contributed by atoms with Gasteiger partial charge in [0.25, 0.3) is 0 Å². The van der Waals surface area contributed by atoms with Crippen LogP contribution in [0.25, 0.3) is 0 Å². The third kappa shape index (κ3) is 2.92. The molecule has 0 saturated carbocycles. The summed E-state index contributed by atoms with van der Waals surface area (Å²) >= 11 is 0. The summed E-state index contributed by atoms with van der Waals surface area (Å²) in [6.07, 6.45) is 0. The molecule has 0 aromatic heterocycles. The number of hydrogen-bond donors (Lipinski definition) is 0. The highest BCUT2D eigenvalue weighted by Gasteiger charge is 2.06. The third-order valence-corrected chi connectivity index (χ3v) is 5.46. The van der Waals surface area contributed by atoms with Crippen molar-refractivity contribution in [1.82, 2.24) is 0 Å². The van der Waals surface area contributed by atoms with E-state index in [0.717, 1.165) is 11.3 Å². The average molecular weight is 160 g/mol.